The molecule has 0 saturated carbocycles. The van der Waals surface area contributed by atoms with Crippen LogP contribution in [-0.4, -0.2) is 47.6 Å². The van der Waals surface area contributed by atoms with Crippen LogP contribution < -0.4 is 16.2 Å². The molecule has 0 unspecified atom stereocenters. The topological polar surface area (TPSA) is 101 Å². The minimum atomic E-state index is -4.03. The lowest BCUT2D eigenvalue weighted by atomic mass is 9.94. The largest absolute Gasteiger partial charge is 0.480 e. The number of benzene rings is 2. The number of carboxylic acids is 1. The van der Waals surface area contributed by atoms with Crippen LogP contribution in [-0.2, 0) is 14.6 Å². The Balaban J connectivity index is 2.48. The second-order valence-corrected chi connectivity index (χ2v) is 7.53. The van der Waals surface area contributed by atoms with E-state index < -0.39 is 34.1 Å². The van der Waals surface area contributed by atoms with Gasteiger partial charge in [-0.25, -0.2) is 12.8 Å². The molecule has 25 heavy (non-hydrogen) atoms. The number of hydrogen-bond acceptors (Lipinski definition) is 4. The second kappa shape index (κ2) is 7.10. The highest BCUT2D eigenvalue weighted by atomic mass is 32.2. The van der Waals surface area contributed by atoms with Crippen LogP contribution in [0.25, 0.3) is 0 Å². The zero-order valence-electron chi connectivity index (χ0n) is 13.5. The Kier molecular flexibility index (Phi) is 5.32. The predicted octanol–water partition coefficient (Wildman–Crippen LogP) is -2.01. The first-order valence-electron chi connectivity index (χ1n) is 7.23. The Labute approximate surface area is 145 Å². The summed E-state index contributed by atoms with van der Waals surface area (Å²) < 4.78 is 39.0. The van der Waals surface area contributed by atoms with Gasteiger partial charge in [-0.2, -0.15) is 0 Å². The van der Waals surface area contributed by atoms with Crippen LogP contribution in [0.15, 0.2) is 46.2 Å². The molecule has 0 heterocycles. The smallest absolute Gasteiger partial charge is 0.322 e. The van der Waals surface area contributed by atoms with E-state index in [2.05, 4.69) is 5.32 Å². The summed E-state index contributed by atoms with van der Waals surface area (Å²) in [6.45, 7) is -0.585. The van der Waals surface area contributed by atoms with E-state index in [0.717, 1.165) is 12.1 Å². The van der Waals surface area contributed by atoms with Crippen LogP contribution in [0, 0.1) is 5.82 Å². The van der Waals surface area contributed by atoms with E-state index in [0.29, 0.717) is 10.9 Å². The van der Waals surface area contributed by atoms with Gasteiger partial charge < -0.3 is 10.4 Å². The molecule has 10 heteroatoms. The van der Waals surface area contributed by atoms with E-state index in [1.165, 1.54) is 24.3 Å². The number of aliphatic carboxylic acids is 1. The number of sulfone groups is 1. The summed E-state index contributed by atoms with van der Waals surface area (Å²) in [5, 5.41) is 10.8. The fourth-order valence-corrected chi connectivity index (χ4v) is 3.79. The van der Waals surface area contributed by atoms with Crippen LogP contribution in [0.5, 0.6) is 0 Å². The zero-order chi connectivity index (χ0) is 18.8. The number of nitrogens with one attached hydrogen (secondary N) is 1. The van der Waals surface area contributed by atoms with Crippen molar-refractivity contribution in [1.82, 2.24) is 5.32 Å². The first-order valence-corrected chi connectivity index (χ1v) is 8.72. The van der Waals surface area contributed by atoms with E-state index >= 15 is 0 Å². The average Bonchev–Trinajstić information content (AvgIpc) is 2.51. The van der Waals surface area contributed by atoms with Crippen LogP contribution in [0.4, 0.5) is 4.39 Å². The minimum absolute atomic E-state index is 0.00736. The Morgan fingerprint density at radius 3 is 2.12 bits per heavy atom. The highest BCUT2D eigenvalue weighted by Gasteiger charge is 2.21. The molecular formula is C15H14B2FNO5S. The van der Waals surface area contributed by atoms with Gasteiger partial charge in [-0.1, -0.05) is 17.0 Å². The molecule has 0 aliphatic heterocycles. The second-order valence-electron chi connectivity index (χ2n) is 5.58. The molecule has 1 amide bonds. The number of amides is 1. The fraction of sp³-hybridized carbons (Fsp3) is 0.0667. The summed E-state index contributed by atoms with van der Waals surface area (Å²) in [5.41, 5.74) is 0.952. The van der Waals surface area contributed by atoms with E-state index in [1.807, 2.05) is 0 Å². The third-order valence-electron chi connectivity index (χ3n) is 3.35. The van der Waals surface area contributed by atoms with Crippen molar-refractivity contribution < 1.29 is 27.5 Å². The van der Waals surface area contributed by atoms with Gasteiger partial charge in [-0.15, -0.1) is 0 Å². The maximum absolute atomic E-state index is 13.6. The lowest BCUT2D eigenvalue weighted by molar-refractivity contribution is -0.135. The molecule has 6 nitrogen and oxygen atoms in total. The number of carboxylic acid groups (broad SMARTS) is 1. The van der Waals surface area contributed by atoms with E-state index in [9.17, 15) is 22.4 Å². The third-order valence-corrected chi connectivity index (χ3v) is 5.06. The third kappa shape index (κ3) is 4.48. The average molecular weight is 361 g/mol. The molecule has 0 bridgehead atoms. The lowest BCUT2D eigenvalue weighted by Gasteiger charge is -2.10. The molecule has 2 aromatic rings. The summed E-state index contributed by atoms with van der Waals surface area (Å²) in [4.78, 5) is 22.1. The number of rotatable bonds is 5. The number of hydrogen-bond donors (Lipinski definition) is 2. The van der Waals surface area contributed by atoms with Gasteiger partial charge in [0.25, 0.3) is 5.91 Å². The molecule has 2 rings (SSSR count). The highest BCUT2D eigenvalue weighted by molar-refractivity contribution is 7.91. The van der Waals surface area contributed by atoms with Crippen molar-refractivity contribution in [2.24, 2.45) is 0 Å². The van der Waals surface area contributed by atoms with Gasteiger partial charge >= 0.3 is 5.97 Å². The van der Waals surface area contributed by atoms with E-state index in [-0.39, 0.29) is 15.4 Å². The summed E-state index contributed by atoms with van der Waals surface area (Å²) in [6, 6.07) is 7.40. The van der Waals surface area contributed by atoms with Crippen molar-refractivity contribution in [1.29, 1.82) is 0 Å². The van der Waals surface area contributed by atoms with Gasteiger partial charge in [0.2, 0.25) is 9.84 Å². The predicted molar refractivity (Wildman–Crippen MR) is 94.6 cm³/mol. The first kappa shape index (κ1) is 18.7. The summed E-state index contributed by atoms with van der Waals surface area (Å²) >= 11 is 0. The Morgan fingerprint density at radius 2 is 1.56 bits per heavy atom. The maximum atomic E-state index is 13.6. The van der Waals surface area contributed by atoms with Crippen LogP contribution in [0.3, 0.4) is 0 Å². The fourth-order valence-electron chi connectivity index (χ4n) is 2.29. The summed E-state index contributed by atoms with van der Waals surface area (Å²) in [5.74, 6) is -2.60. The van der Waals surface area contributed by atoms with Crippen molar-refractivity contribution in [3.63, 3.8) is 0 Å². The quantitative estimate of drug-likeness (QED) is 0.600. The van der Waals surface area contributed by atoms with Gasteiger partial charge in [0.1, 0.15) is 28.1 Å². The maximum Gasteiger partial charge on any atom is 0.322 e. The Hall–Kier alpha value is -2.61. The van der Waals surface area contributed by atoms with E-state index in [1.54, 1.807) is 15.7 Å². The summed E-state index contributed by atoms with van der Waals surface area (Å²) in [6.07, 6.45) is 0. The van der Waals surface area contributed by atoms with Crippen LogP contribution >= 0.6 is 0 Å². The molecule has 0 aliphatic carbocycles. The molecule has 0 atom stereocenters. The number of carbonyl (C=O) groups is 2. The normalized spacial score (nSPS) is 11.1. The monoisotopic (exact) mass is 361 g/mol. The van der Waals surface area contributed by atoms with Crippen LogP contribution in [0.1, 0.15) is 10.4 Å². The molecule has 0 radical (unpaired) electrons. The van der Waals surface area contributed by atoms with Crippen LogP contribution in [0.2, 0.25) is 0 Å². The van der Waals surface area contributed by atoms with Gasteiger partial charge in [0.15, 0.2) is 0 Å². The molecule has 128 valence electrons. The number of carbonyl (C=O) groups excluding carboxylic acids is 1. The van der Waals surface area contributed by atoms with Gasteiger partial charge in [-0.3, -0.25) is 9.59 Å². The lowest BCUT2D eigenvalue weighted by Crippen LogP contribution is -2.30. The zero-order valence-corrected chi connectivity index (χ0v) is 14.4. The van der Waals surface area contributed by atoms with Crippen molar-refractivity contribution >= 4 is 48.3 Å². The first-order chi connectivity index (χ1) is 11.6. The molecule has 0 fully saturated rings. The molecule has 2 aromatic carbocycles. The number of halogens is 1. The molecule has 2 N–H and O–H groups in total. The SMILES string of the molecule is Bc1cc(F)cc(S(=O)(=O)c2cc(B)cc(C(=O)NCC(=O)O)c2)c1. The minimum Gasteiger partial charge on any atom is -0.480 e. The molecule has 0 aliphatic rings. The van der Waals surface area contributed by atoms with Crippen molar-refractivity contribution in [2.75, 3.05) is 6.54 Å². The van der Waals surface area contributed by atoms with Crippen molar-refractivity contribution in [3.8, 4) is 0 Å². The van der Waals surface area contributed by atoms with Gasteiger partial charge in [-0.05, 0) is 30.3 Å². The van der Waals surface area contributed by atoms with Crippen molar-refractivity contribution in [2.45, 2.75) is 9.79 Å². The summed E-state index contributed by atoms with van der Waals surface area (Å²) in [7, 11) is -0.857. The standard InChI is InChI=1S/C15H14B2FNO5S/c16-9-1-8(15(22)19-7-14(20)21)2-12(4-9)25(23,24)13-5-10(17)3-11(18)6-13/h1-6H,7,16-17H2,(H,19,22)(H,20,21). The van der Waals surface area contributed by atoms with Gasteiger partial charge in [0, 0.05) is 5.56 Å². The Bertz CT molecular complexity index is 942. The Morgan fingerprint density at radius 1 is 1.00 bits per heavy atom. The van der Waals surface area contributed by atoms with Gasteiger partial charge in [0.05, 0.1) is 9.79 Å². The molecule has 0 saturated heterocycles. The molecular weight excluding hydrogens is 347 g/mol. The van der Waals surface area contributed by atoms with Crippen molar-refractivity contribution in [3.05, 3.63) is 47.8 Å². The van der Waals surface area contributed by atoms with E-state index in [4.69, 9.17) is 5.11 Å². The molecule has 0 spiro atoms. The molecule has 0 aromatic heterocycles. The highest BCUT2D eigenvalue weighted by Crippen LogP contribution is 2.21.